The van der Waals surface area contributed by atoms with Gasteiger partial charge in [-0.25, -0.2) is 9.37 Å². The van der Waals surface area contributed by atoms with Crippen molar-refractivity contribution in [2.45, 2.75) is 10.9 Å². The minimum absolute atomic E-state index is 0.251. The second kappa shape index (κ2) is 8.63. The standard InChI is InChI=1S/C25H20FN3O3S/c1-31-20-12-11-16(13-21(20)32-2)29-24(30)23-22(17-8-4-6-10-19(17)27-23)28-25(29)33-14-15-7-3-5-9-18(15)26/h3-13,27H,14H2,1-2H3. The first kappa shape index (κ1) is 21.1. The molecule has 1 N–H and O–H groups in total. The van der Waals surface area contributed by atoms with Gasteiger partial charge in [0.25, 0.3) is 5.56 Å². The van der Waals surface area contributed by atoms with Crippen molar-refractivity contribution in [3.8, 4) is 17.2 Å². The van der Waals surface area contributed by atoms with Crippen LogP contribution in [0.4, 0.5) is 4.39 Å². The van der Waals surface area contributed by atoms with Crippen LogP contribution in [0.2, 0.25) is 0 Å². The van der Waals surface area contributed by atoms with Crippen LogP contribution in [0.5, 0.6) is 11.5 Å². The van der Waals surface area contributed by atoms with Crippen LogP contribution >= 0.6 is 11.8 Å². The van der Waals surface area contributed by atoms with Gasteiger partial charge in [0.1, 0.15) is 16.9 Å². The lowest BCUT2D eigenvalue weighted by atomic mass is 10.2. The lowest BCUT2D eigenvalue weighted by Crippen LogP contribution is -2.22. The van der Waals surface area contributed by atoms with Crippen molar-refractivity contribution in [2.24, 2.45) is 0 Å². The van der Waals surface area contributed by atoms with Gasteiger partial charge in [0.2, 0.25) is 0 Å². The Bertz CT molecular complexity index is 1540. The van der Waals surface area contributed by atoms with E-state index in [4.69, 9.17) is 14.5 Å². The summed E-state index contributed by atoms with van der Waals surface area (Å²) >= 11 is 1.30. The molecule has 5 aromatic rings. The van der Waals surface area contributed by atoms with E-state index in [0.29, 0.717) is 44.7 Å². The summed E-state index contributed by atoms with van der Waals surface area (Å²) in [4.78, 5) is 21.7. The van der Waals surface area contributed by atoms with Crippen molar-refractivity contribution < 1.29 is 13.9 Å². The molecule has 0 aliphatic carbocycles. The van der Waals surface area contributed by atoms with Crippen molar-refractivity contribution in [3.05, 3.63) is 88.5 Å². The maximum absolute atomic E-state index is 14.3. The lowest BCUT2D eigenvalue weighted by Gasteiger charge is -2.14. The molecule has 0 bridgehead atoms. The fourth-order valence-electron chi connectivity index (χ4n) is 3.79. The molecule has 0 saturated carbocycles. The minimum atomic E-state index is -0.293. The highest BCUT2D eigenvalue weighted by Gasteiger charge is 2.19. The molecule has 0 spiro atoms. The number of thioether (sulfide) groups is 1. The smallest absolute Gasteiger partial charge is 0.283 e. The van der Waals surface area contributed by atoms with Gasteiger partial charge in [-0.2, -0.15) is 0 Å². The number of rotatable bonds is 6. The predicted octanol–water partition coefficient (Wildman–Crippen LogP) is 5.32. The summed E-state index contributed by atoms with van der Waals surface area (Å²) in [5, 5.41) is 1.31. The third-order valence-corrected chi connectivity index (χ3v) is 6.42. The number of hydrogen-bond acceptors (Lipinski definition) is 5. The van der Waals surface area contributed by atoms with Gasteiger partial charge in [-0.15, -0.1) is 0 Å². The number of halogens is 1. The van der Waals surface area contributed by atoms with E-state index in [-0.39, 0.29) is 11.4 Å². The van der Waals surface area contributed by atoms with Gasteiger partial charge in [0, 0.05) is 22.7 Å². The third-order valence-electron chi connectivity index (χ3n) is 5.43. The number of H-pyrrole nitrogens is 1. The number of aromatic nitrogens is 3. The molecule has 0 aliphatic heterocycles. The minimum Gasteiger partial charge on any atom is -0.493 e. The average Bonchev–Trinajstić information content (AvgIpc) is 3.22. The fourth-order valence-corrected chi connectivity index (χ4v) is 4.78. The summed E-state index contributed by atoms with van der Waals surface area (Å²) in [6, 6.07) is 19.5. The molecule has 0 amide bonds. The Morgan fingerprint density at radius 3 is 2.55 bits per heavy atom. The fraction of sp³-hybridized carbons (Fsp3) is 0.120. The molecule has 0 aliphatic rings. The SMILES string of the molecule is COc1ccc(-n2c(SCc3ccccc3F)nc3c([nH]c4ccccc43)c2=O)cc1OC. The van der Waals surface area contributed by atoms with Gasteiger partial charge in [0.05, 0.1) is 19.9 Å². The van der Waals surface area contributed by atoms with Gasteiger partial charge in [-0.1, -0.05) is 48.2 Å². The van der Waals surface area contributed by atoms with Crippen LogP contribution in [0.25, 0.3) is 27.6 Å². The van der Waals surface area contributed by atoms with E-state index < -0.39 is 0 Å². The first-order chi connectivity index (χ1) is 16.1. The molecule has 6 nitrogen and oxygen atoms in total. The summed E-state index contributed by atoms with van der Waals surface area (Å²) < 4.78 is 26.5. The Balaban J connectivity index is 1.73. The van der Waals surface area contributed by atoms with Crippen LogP contribution in [0, 0.1) is 5.82 Å². The number of fused-ring (bicyclic) bond motifs is 3. The molecule has 33 heavy (non-hydrogen) atoms. The van der Waals surface area contributed by atoms with E-state index in [1.807, 2.05) is 24.3 Å². The molecule has 3 aromatic carbocycles. The van der Waals surface area contributed by atoms with Crippen LogP contribution < -0.4 is 15.0 Å². The predicted molar refractivity (Wildman–Crippen MR) is 128 cm³/mol. The number of methoxy groups -OCH3 is 2. The molecule has 2 aromatic heterocycles. The van der Waals surface area contributed by atoms with E-state index in [2.05, 4.69) is 4.98 Å². The molecule has 0 atom stereocenters. The maximum atomic E-state index is 14.3. The summed E-state index contributed by atoms with van der Waals surface area (Å²) in [6.45, 7) is 0. The normalized spacial score (nSPS) is 11.2. The molecular formula is C25H20FN3O3S. The van der Waals surface area contributed by atoms with Gasteiger partial charge in [-0.05, 0) is 29.8 Å². The number of hydrogen-bond donors (Lipinski definition) is 1. The zero-order valence-corrected chi connectivity index (χ0v) is 18.8. The number of nitrogens with one attached hydrogen (secondary N) is 1. The molecule has 0 radical (unpaired) electrons. The zero-order valence-electron chi connectivity index (χ0n) is 18.0. The Hall–Kier alpha value is -3.78. The molecule has 8 heteroatoms. The van der Waals surface area contributed by atoms with Gasteiger partial charge in [-0.3, -0.25) is 9.36 Å². The summed E-state index contributed by atoms with van der Waals surface area (Å²) in [5.41, 5.74) is 2.67. The first-order valence-corrected chi connectivity index (χ1v) is 11.2. The maximum Gasteiger partial charge on any atom is 0.283 e. The molecule has 0 unspecified atom stereocenters. The van der Waals surface area contributed by atoms with E-state index >= 15 is 0 Å². The molecule has 0 fully saturated rings. The highest BCUT2D eigenvalue weighted by atomic mass is 32.2. The van der Waals surface area contributed by atoms with Crippen molar-refractivity contribution in [3.63, 3.8) is 0 Å². The molecule has 2 heterocycles. The Labute approximate surface area is 193 Å². The summed E-state index contributed by atoms with van der Waals surface area (Å²) in [6.07, 6.45) is 0. The summed E-state index contributed by atoms with van der Waals surface area (Å²) in [5.74, 6) is 1.07. The van der Waals surface area contributed by atoms with Crippen molar-refractivity contribution in [2.75, 3.05) is 14.2 Å². The molecule has 166 valence electrons. The zero-order chi connectivity index (χ0) is 22.9. The van der Waals surface area contributed by atoms with Crippen LogP contribution in [-0.4, -0.2) is 28.8 Å². The number of ether oxygens (including phenoxy) is 2. The van der Waals surface area contributed by atoms with Crippen LogP contribution in [0.3, 0.4) is 0 Å². The quantitative estimate of drug-likeness (QED) is 0.274. The number of benzene rings is 3. The number of aromatic amines is 1. The van der Waals surface area contributed by atoms with E-state index in [0.717, 1.165) is 10.9 Å². The molecule has 5 rings (SSSR count). The topological polar surface area (TPSA) is 69.1 Å². The highest BCUT2D eigenvalue weighted by molar-refractivity contribution is 7.98. The van der Waals surface area contributed by atoms with Crippen molar-refractivity contribution >= 4 is 33.7 Å². The molecular weight excluding hydrogens is 441 g/mol. The van der Waals surface area contributed by atoms with Gasteiger partial charge >= 0.3 is 0 Å². The molecule has 0 saturated heterocycles. The third kappa shape index (κ3) is 3.72. The van der Waals surface area contributed by atoms with Crippen LogP contribution in [-0.2, 0) is 5.75 Å². The largest absolute Gasteiger partial charge is 0.493 e. The first-order valence-electron chi connectivity index (χ1n) is 10.2. The average molecular weight is 462 g/mol. The Morgan fingerprint density at radius 1 is 1.00 bits per heavy atom. The monoisotopic (exact) mass is 461 g/mol. The van der Waals surface area contributed by atoms with Crippen molar-refractivity contribution in [1.82, 2.24) is 14.5 Å². The second-order valence-electron chi connectivity index (χ2n) is 7.35. The number of nitrogens with zero attached hydrogens (tertiary/aromatic N) is 2. The second-order valence-corrected chi connectivity index (χ2v) is 8.29. The van der Waals surface area contributed by atoms with E-state index in [1.165, 1.54) is 29.5 Å². The Kier molecular flexibility index (Phi) is 5.51. The highest BCUT2D eigenvalue weighted by Crippen LogP contribution is 2.32. The van der Waals surface area contributed by atoms with E-state index in [9.17, 15) is 9.18 Å². The van der Waals surface area contributed by atoms with Crippen LogP contribution in [0.15, 0.2) is 76.7 Å². The lowest BCUT2D eigenvalue weighted by molar-refractivity contribution is 0.354. The summed E-state index contributed by atoms with van der Waals surface area (Å²) in [7, 11) is 3.09. The van der Waals surface area contributed by atoms with Gasteiger partial charge in [0.15, 0.2) is 16.7 Å². The number of para-hydroxylation sites is 1. The Morgan fingerprint density at radius 2 is 1.76 bits per heavy atom. The van der Waals surface area contributed by atoms with E-state index in [1.54, 1.807) is 43.5 Å². The van der Waals surface area contributed by atoms with Crippen molar-refractivity contribution in [1.29, 1.82) is 0 Å². The van der Waals surface area contributed by atoms with Crippen LogP contribution in [0.1, 0.15) is 5.56 Å². The van der Waals surface area contributed by atoms with Gasteiger partial charge < -0.3 is 14.5 Å².